The highest BCUT2D eigenvalue weighted by Crippen LogP contribution is 2.51. The molecule has 0 fully saturated rings. The van der Waals surface area contributed by atoms with Crippen LogP contribution in [0.4, 0.5) is 5.69 Å². The lowest BCUT2D eigenvalue weighted by atomic mass is 9.77. The number of carbonyl (C=O) groups excluding carboxylic acids is 3. The lowest BCUT2D eigenvalue weighted by Crippen LogP contribution is -2.38. The minimum absolute atomic E-state index is 0.0300. The average Bonchev–Trinajstić information content (AvgIpc) is 3.68. The van der Waals surface area contributed by atoms with Gasteiger partial charge in [0.2, 0.25) is 11.3 Å². The molecule has 1 aromatic rings. The van der Waals surface area contributed by atoms with E-state index in [4.69, 9.17) is 9.15 Å². The first-order valence-corrected chi connectivity index (χ1v) is 25.3. The Hall–Kier alpha value is -5.03. The summed E-state index contributed by atoms with van der Waals surface area (Å²) in [5.41, 5.74) is 2.46. The number of amides is 3. The van der Waals surface area contributed by atoms with E-state index >= 15 is 0 Å². The van der Waals surface area contributed by atoms with Crippen LogP contribution >= 0.6 is 0 Å². The van der Waals surface area contributed by atoms with E-state index in [9.17, 15) is 48.7 Å². The van der Waals surface area contributed by atoms with Gasteiger partial charge in [-0.25, -0.2) is 4.58 Å². The lowest BCUT2D eigenvalue weighted by Gasteiger charge is -2.30. The highest BCUT2D eigenvalue weighted by molar-refractivity contribution is 7.86. The molecule has 1 aliphatic carbocycles. The summed E-state index contributed by atoms with van der Waals surface area (Å²) in [6.07, 6.45) is 11.9. The van der Waals surface area contributed by atoms with Crippen LogP contribution < -0.4 is 20.1 Å². The zero-order valence-corrected chi connectivity index (χ0v) is 38.4. The van der Waals surface area contributed by atoms with Crippen LogP contribution in [-0.4, -0.2) is 122 Å². The van der Waals surface area contributed by atoms with Crippen LogP contribution in [0.3, 0.4) is 0 Å². The van der Waals surface area contributed by atoms with Gasteiger partial charge in [0.1, 0.15) is 18.9 Å². The Morgan fingerprint density at radius 2 is 1.62 bits per heavy atom. The Balaban J connectivity index is 1.42. The molecule has 3 heterocycles. The van der Waals surface area contributed by atoms with Gasteiger partial charge in [0.25, 0.3) is 42.2 Å². The molecule has 0 bridgehead atoms. The molecule has 1 unspecified atom stereocenters. The molecule has 0 radical (unpaired) electrons. The number of carbonyl (C=O) groups is 3. The van der Waals surface area contributed by atoms with Crippen molar-refractivity contribution in [1.29, 1.82) is 0 Å². The smallest absolute Gasteiger partial charge is 0.294 e. The number of ether oxygens (including phenoxy) is 1. The van der Waals surface area contributed by atoms with Gasteiger partial charge in [0.05, 0.1) is 35.8 Å². The highest BCUT2D eigenvalue weighted by Gasteiger charge is 2.43. The van der Waals surface area contributed by atoms with Crippen LogP contribution in [-0.2, 0) is 59.1 Å². The maximum atomic E-state index is 12.6. The molecule has 0 spiro atoms. The number of imide groups is 1. The van der Waals surface area contributed by atoms with Crippen LogP contribution in [0.5, 0.6) is 0 Å². The SMILES string of the molecule is COCC[N+](CCCS(=O)(=O)OC)=c1ccc2c(C=CC=C3N(CCCCCC(=O)NCCN4C(=O)C=CC4=O)c4ccc(S(=O)(=O)O)cc4C3(C)CCCS(=O)(=O)O)ccoc-2c1. The number of allylic oxidation sites excluding steroid dienone is 3. The number of rotatable bonds is 24. The number of unbranched alkanes of at least 4 members (excludes halogenated alkanes) is 2. The van der Waals surface area contributed by atoms with Gasteiger partial charge in [-0.3, -0.25) is 32.6 Å². The fourth-order valence-electron chi connectivity index (χ4n) is 7.87. The summed E-state index contributed by atoms with van der Waals surface area (Å²) < 4.78 is 110. The normalized spacial score (nSPS) is 17.9. The van der Waals surface area contributed by atoms with Crippen molar-refractivity contribution < 1.29 is 62.1 Å². The second-order valence-electron chi connectivity index (χ2n) is 15.6. The van der Waals surface area contributed by atoms with Crippen molar-refractivity contribution in [3.05, 3.63) is 95.2 Å². The van der Waals surface area contributed by atoms with Crippen molar-refractivity contribution in [2.75, 3.05) is 70.0 Å². The molecule has 18 nitrogen and oxygen atoms in total. The summed E-state index contributed by atoms with van der Waals surface area (Å²) in [6.45, 7) is 3.78. The maximum absolute atomic E-state index is 12.6. The van der Waals surface area contributed by atoms with Crippen molar-refractivity contribution >= 4 is 59.8 Å². The molecule has 0 aromatic heterocycles. The van der Waals surface area contributed by atoms with Crippen molar-refractivity contribution in [1.82, 2.24) is 14.8 Å². The molecule has 3 amide bonds. The summed E-state index contributed by atoms with van der Waals surface area (Å²) in [4.78, 5) is 38.8. The first-order valence-electron chi connectivity index (χ1n) is 20.7. The molecule has 1 atom stereocenters. The van der Waals surface area contributed by atoms with E-state index in [1.165, 1.54) is 24.3 Å². The van der Waals surface area contributed by atoms with Gasteiger partial charge in [0, 0.05) is 80.2 Å². The average molecular weight is 948 g/mol. The van der Waals surface area contributed by atoms with Gasteiger partial charge in [-0.05, 0) is 80.1 Å². The summed E-state index contributed by atoms with van der Waals surface area (Å²) in [5.74, 6) is -1.20. The summed E-state index contributed by atoms with van der Waals surface area (Å²) >= 11 is 0. The van der Waals surface area contributed by atoms with E-state index in [1.54, 1.807) is 25.5 Å². The Bertz CT molecular complexity index is 2660. The second-order valence-corrected chi connectivity index (χ2v) is 20.4. The zero-order valence-electron chi connectivity index (χ0n) is 36.0. The first kappa shape index (κ1) is 50.0. The predicted molar refractivity (Wildman–Crippen MR) is 239 cm³/mol. The number of fused-ring (bicyclic) bond motifs is 2. The minimum Gasteiger partial charge on any atom is -0.464 e. The highest BCUT2D eigenvalue weighted by atomic mass is 32.2. The summed E-state index contributed by atoms with van der Waals surface area (Å²) in [5, 5.41) is 3.53. The van der Waals surface area contributed by atoms with E-state index in [1.807, 2.05) is 52.8 Å². The Morgan fingerprint density at radius 1 is 0.875 bits per heavy atom. The van der Waals surface area contributed by atoms with E-state index in [0.29, 0.717) is 74.6 Å². The van der Waals surface area contributed by atoms with E-state index < -0.39 is 53.3 Å². The van der Waals surface area contributed by atoms with Gasteiger partial charge >= 0.3 is 0 Å². The van der Waals surface area contributed by atoms with Crippen LogP contribution in [0.2, 0.25) is 0 Å². The fraction of sp³-hybridized carbons (Fsp3) is 0.442. The third-order valence-corrected chi connectivity index (χ3v) is 14.1. The van der Waals surface area contributed by atoms with Crippen LogP contribution in [0, 0.1) is 0 Å². The number of nitrogens with one attached hydrogen (secondary N) is 1. The molecule has 64 heavy (non-hydrogen) atoms. The van der Waals surface area contributed by atoms with Crippen molar-refractivity contribution in [2.24, 2.45) is 0 Å². The molecule has 0 saturated carbocycles. The molecule has 1 aromatic carbocycles. The first-order chi connectivity index (χ1) is 30.3. The molecule has 3 N–H and O–H groups in total. The maximum Gasteiger partial charge on any atom is 0.294 e. The monoisotopic (exact) mass is 947 g/mol. The molecular formula is C43H55N4O14S3+. The molecule has 3 aliphatic heterocycles. The minimum atomic E-state index is -4.61. The third-order valence-electron chi connectivity index (χ3n) is 11.2. The second kappa shape index (κ2) is 21.8. The number of methoxy groups -OCH3 is 1. The van der Waals surface area contributed by atoms with Crippen molar-refractivity contribution in [3.8, 4) is 11.3 Å². The molecule has 0 saturated heterocycles. The summed E-state index contributed by atoms with van der Waals surface area (Å²) in [7, 11) is -9.85. The Morgan fingerprint density at radius 3 is 2.31 bits per heavy atom. The van der Waals surface area contributed by atoms with Gasteiger partial charge in [-0.1, -0.05) is 18.6 Å². The van der Waals surface area contributed by atoms with E-state index in [0.717, 1.165) is 28.5 Å². The topological polar surface area (TPSA) is 247 Å². The lowest BCUT2D eigenvalue weighted by molar-refractivity contribution is -0.137. The number of anilines is 1. The Kier molecular flexibility index (Phi) is 17.0. The molecule has 348 valence electrons. The Labute approximate surface area is 373 Å². The van der Waals surface area contributed by atoms with Crippen LogP contribution in [0.1, 0.15) is 63.0 Å². The van der Waals surface area contributed by atoms with Crippen molar-refractivity contribution in [2.45, 2.75) is 62.2 Å². The van der Waals surface area contributed by atoms with Crippen molar-refractivity contribution in [3.63, 3.8) is 0 Å². The third kappa shape index (κ3) is 13.3. The quantitative estimate of drug-likeness (QED) is 0.0383. The standard InChI is InChI=1S/C43H54N4O14S3/c1-43(20-8-28-62(51,52)53)36-31-34(64(56,57)58)14-16-37(36)46(23-6-4-5-12-40(48)44-21-24-47-41(49)17-18-42(47)50)39(43)11-7-10-32-19-26-61-38-30-33(13-15-35(32)38)45(25-27-59-2)22-9-29-63(54,55)60-3/h7,10-11,13-19,26,30-31H,4-6,8-9,12,20-25,27-29H2,1-3H3,(H2-,44,48,51,52,53,56,57,58)/p+1. The fourth-order valence-corrected chi connectivity index (χ4v) is 9.54. The van der Waals surface area contributed by atoms with Crippen LogP contribution in [0.25, 0.3) is 17.4 Å². The van der Waals surface area contributed by atoms with E-state index in [-0.39, 0.29) is 48.9 Å². The van der Waals surface area contributed by atoms with E-state index in [2.05, 4.69) is 9.50 Å². The molecule has 21 heteroatoms. The predicted octanol–water partition coefficient (Wildman–Crippen LogP) is 3.36. The number of nitrogens with zero attached hydrogens (tertiary/aromatic N) is 3. The molecule has 4 aliphatic rings. The number of benzene rings is 2. The van der Waals surface area contributed by atoms with Gasteiger partial charge in [-0.2, -0.15) is 25.3 Å². The zero-order chi connectivity index (χ0) is 46.7. The molecule has 5 rings (SSSR count). The largest absolute Gasteiger partial charge is 0.464 e. The van der Waals surface area contributed by atoms with Crippen LogP contribution in [0.15, 0.2) is 88.0 Å². The molecular weight excluding hydrogens is 893 g/mol. The van der Waals surface area contributed by atoms with Gasteiger partial charge in [0.15, 0.2) is 6.54 Å². The number of hydrogen-bond donors (Lipinski definition) is 3. The van der Waals surface area contributed by atoms with Gasteiger partial charge < -0.3 is 19.4 Å². The number of hydrogen-bond acceptors (Lipinski definition) is 13. The van der Waals surface area contributed by atoms with Gasteiger partial charge in [-0.15, -0.1) is 0 Å². The summed E-state index contributed by atoms with van der Waals surface area (Å²) in [6, 6.07) is 11.7.